The Bertz CT molecular complexity index is 1110. The minimum Gasteiger partial charge on any atom is -0.463 e. The quantitative estimate of drug-likeness (QED) is 0.353. The third-order valence-electron chi connectivity index (χ3n) is 7.82. The molecule has 0 saturated heterocycles. The van der Waals surface area contributed by atoms with Crippen LogP contribution < -0.4 is 10.6 Å². The Morgan fingerprint density at radius 1 is 0.949 bits per heavy atom. The van der Waals surface area contributed by atoms with Gasteiger partial charge in [0.2, 0.25) is 11.8 Å². The zero-order chi connectivity index (χ0) is 27.5. The number of benzene rings is 2. The second-order valence-electron chi connectivity index (χ2n) is 11.0. The summed E-state index contributed by atoms with van der Waals surface area (Å²) in [6.45, 7) is -0.0379. The number of aliphatic hydroxyl groups excluding tert-OH is 1. The molecule has 7 nitrogen and oxygen atoms in total. The number of amides is 2. The number of esters is 1. The Balaban J connectivity index is 1.45. The highest BCUT2D eigenvalue weighted by Gasteiger charge is 2.39. The largest absolute Gasteiger partial charge is 0.463 e. The summed E-state index contributed by atoms with van der Waals surface area (Å²) in [5, 5.41) is 15.9. The first kappa shape index (κ1) is 28.6. The Morgan fingerprint density at radius 3 is 2.21 bits per heavy atom. The molecular formula is C32H40N2O5. The molecule has 2 aromatic carbocycles. The predicted octanol–water partition coefficient (Wildman–Crippen LogP) is 3.89. The van der Waals surface area contributed by atoms with E-state index < -0.39 is 17.5 Å². The van der Waals surface area contributed by atoms with Gasteiger partial charge in [0.25, 0.3) is 0 Å². The van der Waals surface area contributed by atoms with Gasteiger partial charge in [-0.25, -0.2) is 0 Å². The van der Waals surface area contributed by atoms with Crippen LogP contribution in [0.1, 0.15) is 56.1 Å². The number of aliphatic hydroxyl groups is 1. The molecule has 0 unspecified atom stereocenters. The van der Waals surface area contributed by atoms with Crippen LogP contribution in [-0.2, 0) is 32.0 Å². The second kappa shape index (κ2) is 14.1. The van der Waals surface area contributed by atoms with E-state index in [1.54, 1.807) is 0 Å². The van der Waals surface area contributed by atoms with Crippen LogP contribution in [0.15, 0.2) is 72.8 Å². The average molecular weight is 533 g/mol. The molecule has 0 radical (unpaired) electrons. The molecule has 1 aliphatic heterocycles. The zero-order valence-corrected chi connectivity index (χ0v) is 22.5. The highest BCUT2D eigenvalue weighted by Crippen LogP contribution is 2.32. The number of hydrogen-bond acceptors (Lipinski definition) is 5. The number of rotatable bonds is 8. The molecule has 4 rings (SSSR count). The van der Waals surface area contributed by atoms with Crippen LogP contribution in [0.4, 0.5) is 0 Å². The van der Waals surface area contributed by atoms with Crippen LogP contribution in [0, 0.1) is 11.8 Å². The summed E-state index contributed by atoms with van der Waals surface area (Å²) in [6, 6.07) is 19.2. The topological polar surface area (TPSA) is 105 Å². The first-order chi connectivity index (χ1) is 19.0. The van der Waals surface area contributed by atoms with Crippen molar-refractivity contribution in [1.29, 1.82) is 0 Å². The first-order valence-corrected chi connectivity index (χ1v) is 14.1. The summed E-state index contributed by atoms with van der Waals surface area (Å²) in [5.41, 5.74) is 1.50. The van der Waals surface area contributed by atoms with E-state index in [1.165, 1.54) is 0 Å². The fourth-order valence-electron chi connectivity index (χ4n) is 5.58. The Hall–Kier alpha value is -3.45. The third kappa shape index (κ3) is 8.52. The van der Waals surface area contributed by atoms with E-state index in [0.717, 1.165) is 36.8 Å². The van der Waals surface area contributed by atoms with Gasteiger partial charge in [0.05, 0.1) is 30.0 Å². The van der Waals surface area contributed by atoms with E-state index in [4.69, 9.17) is 4.74 Å². The lowest BCUT2D eigenvalue weighted by Gasteiger charge is -2.32. The minimum absolute atomic E-state index is 0.0186. The molecular weight excluding hydrogens is 492 g/mol. The van der Waals surface area contributed by atoms with Gasteiger partial charge in [0.15, 0.2) is 0 Å². The third-order valence-corrected chi connectivity index (χ3v) is 7.82. The van der Waals surface area contributed by atoms with E-state index in [2.05, 4.69) is 10.6 Å². The van der Waals surface area contributed by atoms with Gasteiger partial charge < -0.3 is 20.5 Å². The Morgan fingerprint density at radius 2 is 1.56 bits per heavy atom. The summed E-state index contributed by atoms with van der Waals surface area (Å²) >= 11 is 0. The molecule has 1 saturated carbocycles. The van der Waals surface area contributed by atoms with Gasteiger partial charge in [-0.05, 0) is 49.7 Å². The molecule has 1 heterocycles. The molecule has 2 aliphatic rings. The smallest absolute Gasteiger partial charge is 0.309 e. The first-order valence-electron chi connectivity index (χ1n) is 14.1. The summed E-state index contributed by atoms with van der Waals surface area (Å²) < 4.78 is 5.83. The number of allylic oxidation sites excluding steroid dienone is 2. The second-order valence-corrected chi connectivity index (χ2v) is 11.0. The molecule has 1 fully saturated rings. The highest BCUT2D eigenvalue weighted by atomic mass is 16.5. The molecule has 7 heteroatoms. The van der Waals surface area contributed by atoms with Gasteiger partial charge in [-0.1, -0.05) is 85.7 Å². The molecule has 0 bridgehead atoms. The van der Waals surface area contributed by atoms with E-state index in [9.17, 15) is 19.5 Å². The van der Waals surface area contributed by atoms with Crippen molar-refractivity contribution in [2.24, 2.45) is 11.8 Å². The van der Waals surface area contributed by atoms with Crippen LogP contribution in [0.2, 0.25) is 0 Å². The van der Waals surface area contributed by atoms with E-state index in [1.807, 2.05) is 72.8 Å². The number of cyclic esters (lactones) is 1. The van der Waals surface area contributed by atoms with Crippen molar-refractivity contribution < 1.29 is 24.2 Å². The number of ether oxygens (including phenoxy) is 1. The average Bonchev–Trinajstić information content (AvgIpc) is 3.41. The van der Waals surface area contributed by atoms with Gasteiger partial charge >= 0.3 is 5.97 Å². The van der Waals surface area contributed by atoms with Gasteiger partial charge in [0.1, 0.15) is 6.61 Å². The lowest BCUT2D eigenvalue weighted by molar-refractivity contribution is -0.152. The monoisotopic (exact) mass is 532 g/mol. The maximum Gasteiger partial charge on any atom is 0.309 e. The van der Waals surface area contributed by atoms with Gasteiger partial charge in [0, 0.05) is 6.42 Å². The number of carbonyl (C=O) groups is 3. The van der Waals surface area contributed by atoms with E-state index in [0.29, 0.717) is 25.7 Å². The fraction of sp³-hybridized carbons (Fsp3) is 0.469. The molecule has 1 spiro atoms. The fourth-order valence-corrected chi connectivity index (χ4v) is 5.58. The van der Waals surface area contributed by atoms with E-state index >= 15 is 0 Å². The number of nitrogens with one attached hydrogen (secondary N) is 2. The maximum absolute atomic E-state index is 13.4. The number of hydrogen-bond donors (Lipinski definition) is 3. The maximum atomic E-state index is 13.4. The van der Waals surface area contributed by atoms with Crippen molar-refractivity contribution in [3.8, 4) is 0 Å². The Labute approximate surface area is 231 Å². The SMILES string of the molecule is O=C(C[C@H]1CC=CC[C@H](Cc2ccccc2)C(=O)OCC2(CCCC2)NC1=O)N[C@H](CO)Cc1ccccc1. The normalized spacial score (nSPS) is 22.3. The van der Waals surface area contributed by atoms with Crippen LogP contribution in [0.3, 0.4) is 0 Å². The van der Waals surface area contributed by atoms with Crippen LogP contribution in [0.25, 0.3) is 0 Å². The molecule has 208 valence electrons. The lowest BCUT2D eigenvalue weighted by Crippen LogP contribution is -2.53. The minimum atomic E-state index is -0.595. The van der Waals surface area contributed by atoms with Crippen molar-refractivity contribution >= 4 is 17.8 Å². The molecule has 3 atom stereocenters. The van der Waals surface area contributed by atoms with Crippen molar-refractivity contribution in [3.05, 3.63) is 83.9 Å². The molecule has 0 aromatic heterocycles. The molecule has 2 aromatic rings. The predicted molar refractivity (Wildman–Crippen MR) is 150 cm³/mol. The van der Waals surface area contributed by atoms with Crippen molar-refractivity contribution in [2.45, 2.75) is 69.4 Å². The van der Waals surface area contributed by atoms with Crippen LogP contribution in [-0.4, -0.2) is 47.7 Å². The Kier molecular flexibility index (Phi) is 10.3. The van der Waals surface area contributed by atoms with Crippen molar-refractivity contribution in [1.82, 2.24) is 10.6 Å². The summed E-state index contributed by atoms with van der Waals surface area (Å²) in [5.74, 6) is -1.58. The summed E-state index contributed by atoms with van der Waals surface area (Å²) in [7, 11) is 0. The lowest BCUT2D eigenvalue weighted by atomic mass is 9.92. The van der Waals surface area contributed by atoms with Gasteiger partial charge in [-0.3, -0.25) is 14.4 Å². The van der Waals surface area contributed by atoms with Crippen LogP contribution >= 0.6 is 0 Å². The standard InChI is InChI=1S/C32H40N2O5/c35-22-28(20-25-13-5-2-6-14-25)33-29(36)21-26-15-7-8-16-27(19-24-11-3-1-4-12-24)31(38)39-23-32(34-30(26)37)17-9-10-18-32/h1-8,11-14,26-28,35H,9-10,15-23H2,(H,33,36)(H,34,37)/t26-,27-,28+/m1/s1. The highest BCUT2D eigenvalue weighted by molar-refractivity contribution is 5.86. The molecule has 39 heavy (non-hydrogen) atoms. The van der Waals surface area contributed by atoms with Crippen molar-refractivity contribution in [2.75, 3.05) is 13.2 Å². The summed E-state index contributed by atoms with van der Waals surface area (Å²) in [6.07, 6.45) is 9.23. The van der Waals surface area contributed by atoms with Crippen molar-refractivity contribution in [3.63, 3.8) is 0 Å². The summed E-state index contributed by atoms with van der Waals surface area (Å²) in [4.78, 5) is 39.5. The van der Waals surface area contributed by atoms with Gasteiger partial charge in [-0.15, -0.1) is 0 Å². The molecule has 1 aliphatic carbocycles. The number of carbonyl (C=O) groups excluding carboxylic acids is 3. The molecule has 2 amide bonds. The zero-order valence-electron chi connectivity index (χ0n) is 22.5. The van der Waals surface area contributed by atoms with E-state index in [-0.39, 0.29) is 43.3 Å². The van der Waals surface area contributed by atoms with Gasteiger partial charge in [-0.2, -0.15) is 0 Å². The van der Waals surface area contributed by atoms with Crippen LogP contribution in [0.5, 0.6) is 0 Å². The molecule has 3 N–H and O–H groups in total.